The molecule has 0 aliphatic rings. The molecule has 0 saturated carbocycles. The number of hydrogen-bond acceptors (Lipinski definition) is 4. The van der Waals surface area contributed by atoms with E-state index in [9.17, 15) is 0 Å². The van der Waals surface area contributed by atoms with Crippen LogP contribution in [0.4, 0.5) is 0 Å². The average Bonchev–Trinajstić information content (AvgIpc) is 2.95. The number of para-hydroxylation sites is 1. The number of aryl methyl sites for hydroxylation is 2. The van der Waals surface area contributed by atoms with Crippen molar-refractivity contribution in [1.82, 2.24) is 19.6 Å². The van der Waals surface area contributed by atoms with Crippen molar-refractivity contribution < 1.29 is 4.74 Å². The first-order valence-electron chi connectivity index (χ1n) is 7.49. The van der Waals surface area contributed by atoms with Gasteiger partial charge in [0.25, 0.3) is 0 Å². The molecule has 0 aliphatic carbocycles. The second kappa shape index (κ2) is 5.35. The summed E-state index contributed by atoms with van der Waals surface area (Å²) >= 11 is 0. The van der Waals surface area contributed by atoms with E-state index in [1.807, 2.05) is 36.4 Å². The Labute approximate surface area is 133 Å². The Morgan fingerprint density at radius 3 is 2.65 bits per heavy atom. The number of fused-ring (bicyclic) bond motifs is 3. The second-order valence-electron chi connectivity index (χ2n) is 5.67. The van der Waals surface area contributed by atoms with Gasteiger partial charge in [0, 0.05) is 5.39 Å². The maximum absolute atomic E-state index is 5.84. The monoisotopic (exact) mass is 304 g/mol. The molecule has 0 spiro atoms. The lowest BCUT2D eigenvalue weighted by molar-refractivity contribution is 0.295. The standard InChI is InChI=1S/C18H16N4O/c1-12-7-13(2)9-14(8-12)23-10-17-20-18-15-5-3-4-6-16(15)19-11-22(18)21-17/h3-9,11H,10H2,1-2H3. The van der Waals surface area contributed by atoms with E-state index < -0.39 is 0 Å². The van der Waals surface area contributed by atoms with Crippen molar-refractivity contribution in [1.29, 1.82) is 0 Å². The highest BCUT2D eigenvalue weighted by atomic mass is 16.5. The van der Waals surface area contributed by atoms with Gasteiger partial charge in [-0.15, -0.1) is 5.10 Å². The summed E-state index contributed by atoms with van der Waals surface area (Å²) in [7, 11) is 0. The molecule has 0 saturated heterocycles. The largest absolute Gasteiger partial charge is 0.486 e. The quantitative estimate of drug-likeness (QED) is 0.581. The molecule has 2 heterocycles. The Kier molecular flexibility index (Phi) is 3.19. The molecule has 0 N–H and O–H groups in total. The SMILES string of the molecule is Cc1cc(C)cc(OCc2nc3c4ccccc4ncn3n2)c1. The third-order valence-corrected chi connectivity index (χ3v) is 3.69. The Morgan fingerprint density at radius 2 is 1.83 bits per heavy atom. The first-order chi connectivity index (χ1) is 11.2. The number of rotatable bonds is 3. The molecule has 5 heteroatoms. The van der Waals surface area contributed by atoms with Crippen molar-refractivity contribution in [3.8, 4) is 5.75 Å². The van der Waals surface area contributed by atoms with Crippen LogP contribution in [0, 0.1) is 13.8 Å². The molecule has 0 amide bonds. The van der Waals surface area contributed by atoms with E-state index >= 15 is 0 Å². The molecule has 0 unspecified atom stereocenters. The van der Waals surface area contributed by atoms with Crippen molar-refractivity contribution in [3.63, 3.8) is 0 Å². The lowest BCUT2D eigenvalue weighted by atomic mass is 10.1. The summed E-state index contributed by atoms with van der Waals surface area (Å²) in [4.78, 5) is 8.97. The van der Waals surface area contributed by atoms with Crippen LogP contribution in [0.1, 0.15) is 17.0 Å². The second-order valence-corrected chi connectivity index (χ2v) is 5.67. The zero-order valence-electron chi connectivity index (χ0n) is 13.0. The zero-order chi connectivity index (χ0) is 15.8. The van der Waals surface area contributed by atoms with Gasteiger partial charge in [-0.1, -0.05) is 18.2 Å². The molecule has 2 aromatic heterocycles. The van der Waals surface area contributed by atoms with Gasteiger partial charge in [-0.25, -0.2) is 14.5 Å². The maximum atomic E-state index is 5.84. The average molecular weight is 304 g/mol. The molecule has 2 aromatic carbocycles. The van der Waals surface area contributed by atoms with Crippen molar-refractivity contribution >= 4 is 16.6 Å². The highest BCUT2D eigenvalue weighted by Gasteiger charge is 2.08. The van der Waals surface area contributed by atoms with Gasteiger partial charge >= 0.3 is 0 Å². The fraction of sp³-hybridized carbons (Fsp3) is 0.167. The minimum absolute atomic E-state index is 0.332. The van der Waals surface area contributed by atoms with Gasteiger partial charge < -0.3 is 4.74 Å². The molecule has 0 fully saturated rings. The van der Waals surface area contributed by atoms with Gasteiger partial charge in [-0.2, -0.15) is 0 Å². The van der Waals surface area contributed by atoms with Crippen LogP contribution >= 0.6 is 0 Å². The topological polar surface area (TPSA) is 52.3 Å². The minimum Gasteiger partial charge on any atom is -0.486 e. The lowest BCUT2D eigenvalue weighted by Crippen LogP contribution is -1.98. The van der Waals surface area contributed by atoms with E-state index in [4.69, 9.17) is 4.74 Å². The van der Waals surface area contributed by atoms with Crippen LogP contribution in [-0.4, -0.2) is 19.6 Å². The summed E-state index contributed by atoms with van der Waals surface area (Å²) in [6.45, 7) is 4.45. The predicted octanol–water partition coefficient (Wildman–Crippen LogP) is 3.47. The van der Waals surface area contributed by atoms with Gasteiger partial charge in [0.1, 0.15) is 18.7 Å². The van der Waals surface area contributed by atoms with Crippen LogP contribution in [0.2, 0.25) is 0 Å². The summed E-state index contributed by atoms with van der Waals surface area (Å²) in [6, 6.07) is 14.1. The molecule has 4 rings (SSSR count). The molecule has 0 radical (unpaired) electrons. The van der Waals surface area contributed by atoms with Crippen LogP contribution in [0.3, 0.4) is 0 Å². The smallest absolute Gasteiger partial charge is 0.189 e. The summed E-state index contributed by atoms with van der Waals surface area (Å²) in [5.74, 6) is 1.48. The van der Waals surface area contributed by atoms with Crippen LogP contribution in [0.5, 0.6) is 5.75 Å². The molecule has 4 aromatic rings. The van der Waals surface area contributed by atoms with Crippen molar-refractivity contribution in [3.05, 3.63) is 65.7 Å². The fourth-order valence-electron chi connectivity index (χ4n) is 2.75. The van der Waals surface area contributed by atoms with Crippen LogP contribution in [0.25, 0.3) is 16.6 Å². The van der Waals surface area contributed by atoms with Gasteiger partial charge in [0.15, 0.2) is 11.5 Å². The number of benzene rings is 2. The molecule has 23 heavy (non-hydrogen) atoms. The van der Waals surface area contributed by atoms with E-state index in [1.165, 1.54) is 11.1 Å². The number of nitrogens with zero attached hydrogens (tertiary/aromatic N) is 4. The molecular formula is C18H16N4O. The Hall–Kier alpha value is -2.95. The molecule has 114 valence electrons. The van der Waals surface area contributed by atoms with E-state index in [1.54, 1.807) is 10.8 Å². The van der Waals surface area contributed by atoms with Gasteiger partial charge in [-0.3, -0.25) is 0 Å². The van der Waals surface area contributed by atoms with Gasteiger partial charge in [0.2, 0.25) is 0 Å². The van der Waals surface area contributed by atoms with Gasteiger partial charge in [-0.05, 0) is 49.2 Å². The van der Waals surface area contributed by atoms with Crippen molar-refractivity contribution in [2.24, 2.45) is 0 Å². The number of hydrogen-bond donors (Lipinski definition) is 0. The summed E-state index contributed by atoms with van der Waals surface area (Å²) in [5.41, 5.74) is 4.07. The van der Waals surface area contributed by atoms with Crippen LogP contribution in [0.15, 0.2) is 48.8 Å². The number of ether oxygens (including phenoxy) is 1. The minimum atomic E-state index is 0.332. The first kappa shape index (κ1) is 13.7. The molecule has 0 atom stereocenters. The summed E-state index contributed by atoms with van der Waals surface area (Å²) in [6.07, 6.45) is 1.69. The molecule has 0 bridgehead atoms. The third-order valence-electron chi connectivity index (χ3n) is 3.69. The van der Waals surface area contributed by atoms with Crippen molar-refractivity contribution in [2.75, 3.05) is 0 Å². The van der Waals surface area contributed by atoms with E-state index in [-0.39, 0.29) is 0 Å². The molecule has 0 aliphatic heterocycles. The number of aromatic nitrogens is 4. The third kappa shape index (κ3) is 2.61. The van der Waals surface area contributed by atoms with Crippen molar-refractivity contribution in [2.45, 2.75) is 20.5 Å². The maximum Gasteiger partial charge on any atom is 0.189 e. The normalized spacial score (nSPS) is 11.2. The summed E-state index contributed by atoms with van der Waals surface area (Å²) in [5, 5.41) is 5.43. The van der Waals surface area contributed by atoms with Gasteiger partial charge in [0.05, 0.1) is 5.52 Å². The highest BCUT2D eigenvalue weighted by Crippen LogP contribution is 2.19. The predicted molar refractivity (Wildman–Crippen MR) is 88.5 cm³/mol. The van der Waals surface area contributed by atoms with Crippen LogP contribution < -0.4 is 4.74 Å². The molecule has 5 nitrogen and oxygen atoms in total. The fourth-order valence-corrected chi connectivity index (χ4v) is 2.75. The zero-order valence-corrected chi connectivity index (χ0v) is 13.0. The van der Waals surface area contributed by atoms with E-state index in [0.29, 0.717) is 12.4 Å². The van der Waals surface area contributed by atoms with E-state index in [2.05, 4.69) is 35.0 Å². The molecular weight excluding hydrogens is 288 g/mol. The highest BCUT2D eigenvalue weighted by molar-refractivity contribution is 5.90. The Morgan fingerprint density at radius 1 is 1.04 bits per heavy atom. The summed E-state index contributed by atoms with van der Waals surface area (Å²) < 4.78 is 7.53. The Bertz CT molecular complexity index is 986. The van der Waals surface area contributed by atoms with Crippen LogP contribution in [-0.2, 0) is 6.61 Å². The Balaban J connectivity index is 1.65. The van der Waals surface area contributed by atoms with E-state index in [0.717, 1.165) is 22.3 Å². The first-order valence-corrected chi connectivity index (χ1v) is 7.49. The lowest BCUT2D eigenvalue weighted by Gasteiger charge is -2.05.